The maximum atomic E-state index is 15.5. The minimum Gasteiger partial charge on any atom is -0.466 e. The van der Waals surface area contributed by atoms with E-state index in [0.717, 1.165) is 22.3 Å². The van der Waals surface area contributed by atoms with Crippen LogP contribution in [0.1, 0.15) is 68.0 Å². The Bertz CT molecular complexity index is 1010. The first-order valence-corrected chi connectivity index (χ1v) is 10.9. The van der Waals surface area contributed by atoms with E-state index < -0.39 is 29.5 Å². The molecular weight excluding hydrogens is 409 g/mol. The topological polar surface area (TPSA) is 64.6 Å². The number of benzene rings is 2. The number of hydrogen-bond donors (Lipinski definition) is 1. The third kappa shape index (κ3) is 6.31. The highest BCUT2D eigenvalue weighted by Crippen LogP contribution is 2.36. The summed E-state index contributed by atoms with van der Waals surface area (Å²) in [6.45, 7) is 14.6. The highest BCUT2D eigenvalue weighted by molar-refractivity contribution is 5.77. The molecule has 0 aliphatic carbocycles. The molecule has 1 N–H and O–H groups in total. The zero-order valence-corrected chi connectivity index (χ0v) is 20.3. The Kier molecular flexibility index (Phi) is 8.05. The minimum absolute atomic E-state index is 0.195. The largest absolute Gasteiger partial charge is 0.466 e. The molecule has 174 valence electrons. The van der Waals surface area contributed by atoms with Crippen molar-refractivity contribution >= 4 is 12.1 Å². The summed E-state index contributed by atoms with van der Waals surface area (Å²) in [5.41, 5.74) is 4.61. The third-order valence-electron chi connectivity index (χ3n) is 5.15. The Morgan fingerprint density at radius 2 is 1.69 bits per heavy atom. The average molecular weight is 444 g/mol. The Labute approximate surface area is 190 Å². The van der Waals surface area contributed by atoms with Crippen LogP contribution < -0.4 is 5.32 Å². The smallest absolute Gasteiger partial charge is 0.408 e. The van der Waals surface area contributed by atoms with Gasteiger partial charge in [-0.05, 0) is 89.3 Å². The first kappa shape index (κ1) is 25.4. The number of amides is 1. The molecule has 2 aromatic rings. The normalized spacial score (nSPS) is 12.3. The van der Waals surface area contributed by atoms with Gasteiger partial charge in [0.2, 0.25) is 0 Å². The van der Waals surface area contributed by atoms with Crippen molar-refractivity contribution in [2.45, 2.75) is 73.5 Å². The van der Waals surface area contributed by atoms with Crippen molar-refractivity contribution in [2.75, 3.05) is 6.61 Å². The summed E-state index contributed by atoms with van der Waals surface area (Å²) in [6, 6.07) is 6.98. The second-order valence-electron chi connectivity index (χ2n) is 9.12. The van der Waals surface area contributed by atoms with Gasteiger partial charge >= 0.3 is 12.1 Å². The molecule has 0 aliphatic rings. The zero-order valence-electron chi connectivity index (χ0n) is 20.3. The number of halogens is 1. The molecule has 0 aliphatic heterocycles. The number of aryl methyl sites for hydroxylation is 3. The molecule has 0 bridgehead atoms. The van der Waals surface area contributed by atoms with Crippen LogP contribution in [-0.2, 0) is 14.3 Å². The summed E-state index contributed by atoms with van der Waals surface area (Å²) < 4.78 is 25.9. The van der Waals surface area contributed by atoms with Gasteiger partial charge in [0.25, 0.3) is 0 Å². The molecule has 0 heterocycles. The van der Waals surface area contributed by atoms with Crippen LogP contribution in [0.4, 0.5) is 9.18 Å². The summed E-state index contributed by atoms with van der Waals surface area (Å²) in [6.07, 6.45) is -0.930. The van der Waals surface area contributed by atoms with Gasteiger partial charge in [-0.1, -0.05) is 23.8 Å². The van der Waals surface area contributed by atoms with Crippen LogP contribution in [0.5, 0.6) is 0 Å². The van der Waals surface area contributed by atoms with E-state index in [0.29, 0.717) is 11.1 Å². The van der Waals surface area contributed by atoms with Crippen molar-refractivity contribution in [1.29, 1.82) is 0 Å². The lowest BCUT2D eigenvalue weighted by molar-refractivity contribution is -0.143. The fraction of sp³-hybridized carbons (Fsp3) is 0.462. The molecule has 5 nitrogen and oxygen atoms in total. The molecule has 0 radical (unpaired) electrons. The molecule has 1 atom stereocenters. The molecule has 0 saturated carbocycles. The molecule has 0 saturated heterocycles. The standard InChI is InChI=1S/C26H34FNO4/c1-9-31-22(29)14-21(28-25(30)32-26(6,7)8)23-18(5)20(13-17(4)24(23)27)19-12-15(2)10-11-16(19)3/h10-13,21H,9,14H2,1-8H3,(H,28,30). The molecule has 0 spiro atoms. The molecule has 1 unspecified atom stereocenters. The summed E-state index contributed by atoms with van der Waals surface area (Å²) in [5.74, 6) is -0.982. The maximum Gasteiger partial charge on any atom is 0.408 e. The van der Waals surface area contributed by atoms with Crippen molar-refractivity contribution < 1.29 is 23.5 Å². The molecule has 0 aromatic heterocycles. The number of hydrogen-bond acceptors (Lipinski definition) is 4. The summed E-state index contributed by atoms with van der Waals surface area (Å²) in [5, 5.41) is 2.69. The number of carbonyl (C=O) groups excluding carboxylic acids is 2. The van der Waals surface area contributed by atoms with E-state index in [1.807, 2.05) is 39.0 Å². The monoisotopic (exact) mass is 443 g/mol. The average Bonchev–Trinajstić information content (AvgIpc) is 2.65. The van der Waals surface area contributed by atoms with Crippen LogP contribution in [0.25, 0.3) is 11.1 Å². The lowest BCUT2D eigenvalue weighted by Crippen LogP contribution is -2.36. The minimum atomic E-state index is -0.937. The fourth-order valence-electron chi connectivity index (χ4n) is 3.69. The van der Waals surface area contributed by atoms with Gasteiger partial charge in [0.1, 0.15) is 11.4 Å². The highest BCUT2D eigenvalue weighted by Gasteiger charge is 2.28. The number of esters is 1. The Morgan fingerprint density at radius 3 is 2.28 bits per heavy atom. The van der Waals surface area contributed by atoms with Gasteiger partial charge in [-0.15, -0.1) is 0 Å². The predicted molar refractivity (Wildman–Crippen MR) is 124 cm³/mol. The molecule has 1 amide bonds. The molecule has 2 aromatic carbocycles. The highest BCUT2D eigenvalue weighted by atomic mass is 19.1. The predicted octanol–water partition coefficient (Wildman–Crippen LogP) is 6.25. The van der Waals surface area contributed by atoms with Crippen LogP contribution in [0, 0.1) is 33.5 Å². The van der Waals surface area contributed by atoms with Crippen molar-refractivity contribution in [3.05, 3.63) is 57.9 Å². The van der Waals surface area contributed by atoms with Crippen molar-refractivity contribution in [1.82, 2.24) is 5.32 Å². The fourth-order valence-corrected chi connectivity index (χ4v) is 3.69. The maximum absolute atomic E-state index is 15.5. The Morgan fingerprint density at radius 1 is 1.03 bits per heavy atom. The van der Waals surface area contributed by atoms with Crippen LogP contribution in [-0.4, -0.2) is 24.3 Å². The Balaban J connectivity index is 2.63. The van der Waals surface area contributed by atoms with E-state index in [1.54, 1.807) is 34.6 Å². The van der Waals surface area contributed by atoms with E-state index in [2.05, 4.69) is 11.4 Å². The van der Waals surface area contributed by atoms with Gasteiger partial charge in [0, 0.05) is 5.56 Å². The van der Waals surface area contributed by atoms with E-state index in [1.165, 1.54) is 0 Å². The third-order valence-corrected chi connectivity index (χ3v) is 5.15. The van der Waals surface area contributed by atoms with Gasteiger partial charge in [0.05, 0.1) is 19.1 Å². The van der Waals surface area contributed by atoms with Crippen LogP contribution in [0.15, 0.2) is 24.3 Å². The summed E-state index contributed by atoms with van der Waals surface area (Å²) >= 11 is 0. The molecule has 2 rings (SSSR count). The Hall–Kier alpha value is -2.89. The second kappa shape index (κ2) is 10.2. The van der Waals surface area contributed by atoms with Gasteiger partial charge in [-0.3, -0.25) is 4.79 Å². The molecular formula is C26H34FNO4. The summed E-state index contributed by atoms with van der Waals surface area (Å²) in [4.78, 5) is 24.9. The van der Waals surface area contributed by atoms with Crippen LogP contribution in [0.3, 0.4) is 0 Å². The van der Waals surface area contributed by atoms with Gasteiger partial charge in [-0.25, -0.2) is 9.18 Å². The second-order valence-corrected chi connectivity index (χ2v) is 9.12. The van der Waals surface area contributed by atoms with Crippen LogP contribution in [0.2, 0.25) is 0 Å². The zero-order chi connectivity index (χ0) is 24.2. The lowest BCUT2D eigenvalue weighted by Gasteiger charge is -2.26. The SMILES string of the molecule is CCOC(=O)CC(NC(=O)OC(C)(C)C)c1c(C)c(-c2cc(C)ccc2C)cc(C)c1F. The summed E-state index contributed by atoms with van der Waals surface area (Å²) in [7, 11) is 0. The van der Waals surface area contributed by atoms with Crippen molar-refractivity contribution in [2.24, 2.45) is 0 Å². The molecule has 6 heteroatoms. The number of carbonyl (C=O) groups is 2. The van der Waals surface area contributed by atoms with Gasteiger partial charge < -0.3 is 14.8 Å². The van der Waals surface area contributed by atoms with Gasteiger partial charge in [0.15, 0.2) is 0 Å². The number of alkyl carbamates (subject to hydrolysis) is 1. The first-order chi connectivity index (χ1) is 14.8. The van der Waals surface area contributed by atoms with Crippen molar-refractivity contribution in [3.8, 4) is 11.1 Å². The van der Waals surface area contributed by atoms with Gasteiger partial charge in [-0.2, -0.15) is 0 Å². The quantitative estimate of drug-likeness (QED) is 0.536. The van der Waals surface area contributed by atoms with E-state index >= 15 is 4.39 Å². The molecule has 32 heavy (non-hydrogen) atoms. The van der Waals surface area contributed by atoms with Crippen LogP contribution >= 0.6 is 0 Å². The number of nitrogens with one attached hydrogen (secondary N) is 1. The molecule has 0 fully saturated rings. The van der Waals surface area contributed by atoms with E-state index in [-0.39, 0.29) is 18.6 Å². The van der Waals surface area contributed by atoms with E-state index in [4.69, 9.17) is 9.47 Å². The van der Waals surface area contributed by atoms with E-state index in [9.17, 15) is 9.59 Å². The number of rotatable bonds is 6. The lowest BCUT2D eigenvalue weighted by atomic mass is 9.87. The van der Waals surface area contributed by atoms with Crippen molar-refractivity contribution in [3.63, 3.8) is 0 Å². The number of ether oxygens (including phenoxy) is 2. The first-order valence-electron chi connectivity index (χ1n) is 10.9.